The molecule has 1 atom stereocenters. The number of carbonyl (C=O) groups excluding carboxylic acids is 1. The van der Waals surface area contributed by atoms with Gasteiger partial charge in [0.2, 0.25) is 6.08 Å². The molecule has 1 aromatic heterocycles. The Morgan fingerprint density at radius 2 is 2.12 bits per heavy atom. The van der Waals surface area contributed by atoms with Crippen LogP contribution in [0.3, 0.4) is 0 Å². The lowest BCUT2D eigenvalue weighted by molar-refractivity contribution is 0.559. The summed E-state index contributed by atoms with van der Waals surface area (Å²) >= 11 is 0. The van der Waals surface area contributed by atoms with E-state index in [-0.39, 0.29) is 6.04 Å². The van der Waals surface area contributed by atoms with E-state index in [1.165, 1.54) is 6.08 Å². The summed E-state index contributed by atoms with van der Waals surface area (Å²) in [5.41, 5.74) is 1.57. The molecule has 1 unspecified atom stereocenters. The van der Waals surface area contributed by atoms with Crippen molar-refractivity contribution in [3.63, 3.8) is 0 Å². The summed E-state index contributed by atoms with van der Waals surface area (Å²) in [6.07, 6.45) is 3.26. The van der Waals surface area contributed by atoms with Crippen molar-refractivity contribution in [1.82, 2.24) is 15.0 Å². The molecule has 0 spiro atoms. The highest BCUT2D eigenvalue weighted by molar-refractivity contribution is 5.34. The van der Waals surface area contributed by atoms with Gasteiger partial charge < -0.3 is 0 Å². The minimum atomic E-state index is -0.310. The Morgan fingerprint density at radius 1 is 1.38 bits per heavy atom. The quantitative estimate of drug-likeness (QED) is 0.576. The van der Waals surface area contributed by atoms with E-state index < -0.39 is 0 Å². The highest BCUT2D eigenvalue weighted by Crippen LogP contribution is 2.14. The Hall–Kier alpha value is -2.26. The molecule has 0 fully saturated rings. The predicted molar refractivity (Wildman–Crippen MR) is 57.9 cm³/mol. The van der Waals surface area contributed by atoms with E-state index in [0.29, 0.717) is 5.69 Å². The van der Waals surface area contributed by atoms with Crippen LogP contribution in [0.25, 0.3) is 5.69 Å². The van der Waals surface area contributed by atoms with Gasteiger partial charge >= 0.3 is 0 Å². The van der Waals surface area contributed by atoms with Gasteiger partial charge in [-0.3, -0.25) is 0 Å². The molecule has 0 saturated heterocycles. The van der Waals surface area contributed by atoms with Crippen LogP contribution in [0.15, 0.2) is 41.5 Å². The third kappa shape index (κ3) is 2.04. The van der Waals surface area contributed by atoms with Gasteiger partial charge in [0, 0.05) is 0 Å². The molecule has 0 saturated carbocycles. The van der Waals surface area contributed by atoms with E-state index in [1.54, 1.807) is 17.8 Å². The number of nitrogens with zero attached hydrogens (tertiary/aromatic N) is 4. The van der Waals surface area contributed by atoms with Crippen molar-refractivity contribution in [3.05, 3.63) is 42.2 Å². The molecular formula is C11H10N4O. The maximum Gasteiger partial charge on any atom is 0.235 e. The molecule has 0 amide bonds. The van der Waals surface area contributed by atoms with Crippen LogP contribution in [0.1, 0.15) is 18.7 Å². The summed E-state index contributed by atoms with van der Waals surface area (Å²) in [4.78, 5) is 13.7. The van der Waals surface area contributed by atoms with Crippen molar-refractivity contribution < 1.29 is 4.79 Å². The Morgan fingerprint density at radius 3 is 2.81 bits per heavy atom. The van der Waals surface area contributed by atoms with Gasteiger partial charge in [-0.2, -0.15) is 4.99 Å². The highest BCUT2D eigenvalue weighted by Gasteiger charge is 2.08. The van der Waals surface area contributed by atoms with E-state index >= 15 is 0 Å². The summed E-state index contributed by atoms with van der Waals surface area (Å²) in [6, 6.07) is 9.31. The van der Waals surface area contributed by atoms with Crippen LogP contribution in [-0.2, 0) is 4.79 Å². The largest absolute Gasteiger partial charge is 0.235 e. The lowest BCUT2D eigenvalue weighted by Gasteiger charge is -1.98. The van der Waals surface area contributed by atoms with Crippen LogP contribution in [0.2, 0.25) is 0 Å². The van der Waals surface area contributed by atoms with Crippen LogP contribution in [-0.4, -0.2) is 21.1 Å². The number of rotatable bonds is 3. The van der Waals surface area contributed by atoms with Gasteiger partial charge in [0.15, 0.2) is 0 Å². The molecule has 0 aliphatic rings. The SMILES string of the molecule is CC(N=C=O)c1cn(-c2ccccc2)nn1. The van der Waals surface area contributed by atoms with E-state index in [9.17, 15) is 4.79 Å². The van der Waals surface area contributed by atoms with E-state index in [0.717, 1.165) is 5.69 Å². The van der Waals surface area contributed by atoms with Crippen molar-refractivity contribution in [1.29, 1.82) is 0 Å². The molecule has 0 bridgehead atoms. The molecule has 1 heterocycles. The second kappa shape index (κ2) is 4.51. The topological polar surface area (TPSA) is 60.1 Å². The van der Waals surface area contributed by atoms with Gasteiger partial charge in [-0.15, -0.1) is 5.10 Å². The Bertz CT molecular complexity index is 514. The van der Waals surface area contributed by atoms with Crippen molar-refractivity contribution in [3.8, 4) is 5.69 Å². The Kier molecular flexibility index (Phi) is 2.89. The van der Waals surface area contributed by atoms with Crippen LogP contribution < -0.4 is 0 Å². The number of aliphatic imine (C=N–C) groups is 1. The van der Waals surface area contributed by atoms with Crippen LogP contribution >= 0.6 is 0 Å². The number of para-hydroxylation sites is 1. The van der Waals surface area contributed by atoms with Crippen LogP contribution in [0.5, 0.6) is 0 Å². The number of aromatic nitrogens is 3. The maximum atomic E-state index is 10.1. The molecule has 0 aliphatic heterocycles. The zero-order valence-corrected chi connectivity index (χ0v) is 8.74. The van der Waals surface area contributed by atoms with Gasteiger partial charge in [-0.1, -0.05) is 23.4 Å². The molecular weight excluding hydrogens is 204 g/mol. The molecule has 16 heavy (non-hydrogen) atoms. The van der Waals surface area contributed by atoms with Gasteiger partial charge in [0.1, 0.15) is 11.7 Å². The molecule has 1 aromatic carbocycles. The average Bonchev–Trinajstić information content (AvgIpc) is 2.80. The molecule has 5 heteroatoms. The van der Waals surface area contributed by atoms with Crippen LogP contribution in [0.4, 0.5) is 0 Å². The minimum Gasteiger partial charge on any atom is -0.220 e. The molecule has 80 valence electrons. The van der Waals surface area contributed by atoms with Gasteiger partial charge in [-0.05, 0) is 19.1 Å². The number of benzene rings is 1. The fourth-order valence-electron chi connectivity index (χ4n) is 1.32. The van der Waals surface area contributed by atoms with Crippen molar-refractivity contribution >= 4 is 6.08 Å². The zero-order valence-electron chi connectivity index (χ0n) is 8.74. The fraction of sp³-hybridized carbons (Fsp3) is 0.182. The van der Waals surface area contributed by atoms with E-state index in [1.807, 2.05) is 30.3 Å². The highest BCUT2D eigenvalue weighted by atomic mass is 16.1. The monoisotopic (exact) mass is 214 g/mol. The first kappa shape index (κ1) is 10.3. The Labute approximate surface area is 92.4 Å². The predicted octanol–water partition coefficient (Wildman–Crippen LogP) is 1.66. The smallest absolute Gasteiger partial charge is 0.220 e. The first-order valence-corrected chi connectivity index (χ1v) is 4.86. The zero-order chi connectivity index (χ0) is 11.4. The second-order valence-corrected chi connectivity index (χ2v) is 3.32. The Balaban J connectivity index is 2.30. The third-order valence-electron chi connectivity index (χ3n) is 2.21. The minimum absolute atomic E-state index is 0.310. The van der Waals surface area contributed by atoms with Gasteiger partial charge in [0.05, 0.1) is 11.9 Å². The number of hydrogen-bond donors (Lipinski definition) is 0. The number of hydrogen-bond acceptors (Lipinski definition) is 4. The molecule has 0 N–H and O–H groups in total. The summed E-state index contributed by atoms with van der Waals surface area (Å²) in [5.74, 6) is 0. The lowest BCUT2D eigenvalue weighted by Crippen LogP contribution is -1.93. The van der Waals surface area contributed by atoms with Crippen LogP contribution in [0, 0.1) is 0 Å². The van der Waals surface area contributed by atoms with Gasteiger partial charge in [0.25, 0.3) is 0 Å². The molecule has 0 radical (unpaired) electrons. The van der Waals surface area contributed by atoms with E-state index in [4.69, 9.17) is 0 Å². The average molecular weight is 214 g/mol. The second-order valence-electron chi connectivity index (χ2n) is 3.32. The van der Waals surface area contributed by atoms with Crippen molar-refractivity contribution in [2.24, 2.45) is 4.99 Å². The molecule has 2 aromatic rings. The normalized spacial score (nSPS) is 11.8. The van der Waals surface area contributed by atoms with Gasteiger partial charge in [-0.25, -0.2) is 9.48 Å². The standard InChI is InChI=1S/C11H10N4O/c1-9(12-8-16)11-7-15(14-13-11)10-5-3-2-4-6-10/h2-7,9H,1H3. The molecule has 5 nitrogen and oxygen atoms in total. The van der Waals surface area contributed by atoms with Crippen molar-refractivity contribution in [2.75, 3.05) is 0 Å². The summed E-state index contributed by atoms with van der Waals surface area (Å²) < 4.78 is 1.64. The molecule has 0 aliphatic carbocycles. The van der Waals surface area contributed by atoms with E-state index in [2.05, 4.69) is 15.3 Å². The first-order valence-electron chi connectivity index (χ1n) is 4.86. The third-order valence-corrected chi connectivity index (χ3v) is 2.21. The van der Waals surface area contributed by atoms with Crippen molar-refractivity contribution in [2.45, 2.75) is 13.0 Å². The summed E-state index contributed by atoms with van der Waals surface area (Å²) in [6.45, 7) is 1.77. The summed E-state index contributed by atoms with van der Waals surface area (Å²) in [7, 11) is 0. The summed E-state index contributed by atoms with van der Waals surface area (Å²) in [5, 5.41) is 7.92. The number of isocyanates is 1. The maximum absolute atomic E-state index is 10.1. The molecule has 2 rings (SSSR count). The first-order chi connectivity index (χ1) is 7.81. The fourth-order valence-corrected chi connectivity index (χ4v) is 1.32. The lowest BCUT2D eigenvalue weighted by atomic mass is 10.3.